The summed E-state index contributed by atoms with van der Waals surface area (Å²) in [5.74, 6) is 0.661. The van der Waals surface area contributed by atoms with Gasteiger partial charge in [-0.05, 0) is 19.3 Å². The molecule has 24 heavy (non-hydrogen) atoms. The number of aryl methyl sites for hydroxylation is 1. The van der Waals surface area contributed by atoms with Gasteiger partial charge in [-0.3, -0.25) is 9.69 Å². The largest absolute Gasteiger partial charge is 0.380 e. The number of aromatic nitrogens is 2. The highest BCUT2D eigenvalue weighted by Crippen LogP contribution is 2.28. The number of rotatable bonds is 5. The van der Waals surface area contributed by atoms with Crippen LogP contribution in [0.4, 0.5) is 4.39 Å². The number of likely N-dealkylation sites (tertiary alicyclic amines) is 1. The molecule has 0 radical (unpaired) electrons. The first-order valence-electron chi connectivity index (χ1n) is 8.64. The quantitative estimate of drug-likeness (QED) is 0.834. The summed E-state index contributed by atoms with van der Waals surface area (Å²) in [4.78, 5) is 18.4. The second kappa shape index (κ2) is 7.14. The van der Waals surface area contributed by atoms with Gasteiger partial charge in [-0.1, -0.05) is 24.4 Å². The Hall–Kier alpha value is -1.54. The summed E-state index contributed by atoms with van der Waals surface area (Å²) >= 11 is 0. The number of amides is 1. The number of nitrogens with one attached hydrogen (secondary N) is 1. The normalized spacial score (nSPS) is 27.3. The minimum absolute atomic E-state index is 0.130. The Balaban J connectivity index is 1.55. The third-order valence-electron chi connectivity index (χ3n) is 4.99. The molecule has 1 aliphatic heterocycles. The number of alkyl halides is 1. The Morgan fingerprint density at radius 1 is 1.46 bits per heavy atom. The molecule has 0 unspecified atom stereocenters. The fraction of sp³-hybridized carbons (Fsp3) is 0.812. The first-order valence-corrected chi connectivity index (χ1v) is 8.64. The highest BCUT2D eigenvalue weighted by atomic mass is 19.1. The molecule has 0 bridgehead atoms. The van der Waals surface area contributed by atoms with Crippen LogP contribution in [0, 0.1) is 6.92 Å². The van der Waals surface area contributed by atoms with Gasteiger partial charge in [0, 0.05) is 26.1 Å². The molecule has 1 saturated heterocycles. The van der Waals surface area contributed by atoms with Crippen LogP contribution in [0.3, 0.4) is 0 Å². The summed E-state index contributed by atoms with van der Waals surface area (Å²) in [7, 11) is 0. The molecular weight excluding hydrogens is 315 g/mol. The standard InChI is InChI=1S/C16H25FN4O3/c1-11-19-14(20-24-11)10-21-9-12(17)7-13(21)8-18-15(22)16(23)5-3-2-4-6-16/h12-13,23H,2-10H2,1H3,(H,18,22)/t12-,13-/m0/s1. The van der Waals surface area contributed by atoms with Gasteiger partial charge < -0.3 is 14.9 Å². The maximum Gasteiger partial charge on any atom is 0.252 e. The number of carbonyl (C=O) groups excluding carboxylic acids is 1. The zero-order valence-corrected chi connectivity index (χ0v) is 14.0. The summed E-state index contributed by atoms with van der Waals surface area (Å²) < 4.78 is 18.8. The number of nitrogens with zero attached hydrogens (tertiary/aromatic N) is 3. The Labute approximate surface area is 140 Å². The van der Waals surface area contributed by atoms with Gasteiger partial charge in [0.25, 0.3) is 5.91 Å². The van der Waals surface area contributed by atoms with Gasteiger partial charge in [0.2, 0.25) is 5.89 Å². The van der Waals surface area contributed by atoms with Crippen molar-refractivity contribution < 1.29 is 18.8 Å². The van der Waals surface area contributed by atoms with E-state index < -0.39 is 11.8 Å². The monoisotopic (exact) mass is 340 g/mol. The molecule has 7 nitrogen and oxygen atoms in total. The second-order valence-electron chi connectivity index (χ2n) is 6.95. The maximum absolute atomic E-state index is 13.8. The van der Waals surface area contributed by atoms with E-state index in [0.717, 1.165) is 19.3 Å². The van der Waals surface area contributed by atoms with Crippen molar-refractivity contribution >= 4 is 5.91 Å². The lowest BCUT2D eigenvalue weighted by atomic mass is 9.84. The van der Waals surface area contributed by atoms with Crippen molar-refractivity contribution in [3.05, 3.63) is 11.7 Å². The molecule has 2 N–H and O–H groups in total. The number of halogens is 1. The first kappa shape index (κ1) is 17.3. The van der Waals surface area contributed by atoms with E-state index in [1.165, 1.54) is 0 Å². The van der Waals surface area contributed by atoms with Crippen LogP contribution in [0.1, 0.15) is 50.2 Å². The van der Waals surface area contributed by atoms with E-state index in [-0.39, 0.29) is 11.9 Å². The van der Waals surface area contributed by atoms with Crippen LogP contribution in [-0.4, -0.2) is 57.0 Å². The molecule has 1 aromatic rings. The molecule has 0 aromatic carbocycles. The number of carbonyl (C=O) groups is 1. The summed E-state index contributed by atoms with van der Waals surface area (Å²) in [6.45, 7) is 2.71. The molecule has 1 aliphatic carbocycles. The molecule has 2 heterocycles. The molecule has 2 fully saturated rings. The zero-order chi connectivity index (χ0) is 17.2. The molecule has 1 saturated carbocycles. The fourth-order valence-electron chi connectivity index (χ4n) is 3.65. The lowest BCUT2D eigenvalue weighted by molar-refractivity contribution is -0.143. The average Bonchev–Trinajstić information content (AvgIpc) is 3.11. The summed E-state index contributed by atoms with van der Waals surface area (Å²) in [5.41, 5.74) is -1.26. The Bertz CT molecular complexity index is 573. The predicted molar refractivity (Wildman–Crippen MR) is 83.8 cm³/mol. The van der Waals surface area contributed by atoms with Gasteiger partial charge in [-0.2, -0.15) is 4.98 Å². The Kier molecular flexibility index (Phi) is 5.15. The third kappa shape index (κ3) is 3.92. The fourth-order valence-corrected chi connectivity index (χ4v) is 3.65. The molecule has 0 spiro atoms. The summed E-state index contributed by atoms with van der Waals surface area (Å²) in [5, 5.41) is 17.1. The van der Waals surface area contributed by atoms with E-state index in [1.807, 2.05) is 4.90 Å². The molecule has 1 amide bonds. The highest BCUT2D eigenvalue weighted by Gasteiger charge is 2.38. The zero-order valence-electron chi connectivity index (χ0n) is 14.0. The van der Waals surface area contributed by atoms with Gasteiger partial charge in [-0.25, -0.2) is 4.39 Å². The smallest absolute Gasteiger partial charge is 0.252 e. The van der Waals surface area contributed by atoms with Crippen LogP contribution in [0.25, 0.3) is 0 Å². The van der Waals surface area contributed by atoms with E-state index in [2.05, 4.69) is 15.5 Å². The maximum atomic E-state index is 13.8. The van der Waals surface area contributed by atoms with Crippen molar-refractivity contribution in [2.24, 2.45) is 0 Å². The van der Waals surface area contributed by atoms with E-state index in [0.29, 0.717) is 50.6 Å². The van der Waals surface area contributed by atoms with Crippen LogP contribution in [0.2, 0.25) is 0 Å². The van der Waals surface area contributed by atoms with Crippen LogP contribution >= 0.6 is 0 Å². The van der Waals surface area contributed by atoms with Gasteiger partial charge in [0.15, 0.2) is 5.82 Å². The molecule has 1 aromatic heterocycles. The third-order valence-corrected chi connectivity index (χ3v) is 4.99. The average molecular weight is 340 g/mol. The van der Waals surface area contributed by atoms with Crippen molar-refractivity contribution in [1.82, 2.24) is 20.4 Å². The van der Waals surface area contributed by atoms with Gasteiger partial charge in [-0.15, -0.1) is 0 Å². The van der Waals surface area contributed by atoms with Crippen LogP contribution < -0.4 is 5.32 Å². The Morgan fingerprint density at radius 3 is 2.88 bits per heavy atom. The van der Waals surface area contributed by atoms with Crippen molar-refractivity contribution in [2.75, 3.05) is 13.1 Å². The summed E-state index contributed by atoms with van der Waals surface area (Å²) in [6.07, 6.45) is 3.21. The van der Waals surface area contributed by atoms with Gasteiger partial charge >= 0.3 is 0 Å². The van der Waals surface area contributed by atoms with Crippen LogP contribution in [0.5, 0.6) is 0 Å². The number of aliphatic hydroxyl groups is 1. The minimum atomic E-state index is -1.26. The lowest BCUT2D eigenvalue weighted by Crippen LogP contribution is -2.51. The van der Waals surface area contributed by atoms with Crippen molar-refractivity contribution in [3.63, 3.8) is 0 Å². The highest BCUT2D eigenvalue weighted by molar-refractivity contribution is 5.84. The predicted octanol–water partition coefficient (Wildman–Crippen LogP) is 1.10. The van der Waals surface area contributed by atoms with Crippen LogP contribution in [-0.2, 0) is 11.3 Å². The van der Waals surface area contributed by atoms with Crippen molar-refractivity contribution in [3.8, 4) is 0 Å². The van der Waals surface area contributed by atoms with E-state index in [1.54, 1.807) is 6.92 Å². The number of hydrogen-bond donors (Lipinski definition) is 2. The second-order valence-corrected chi connectivity index (χ2v) is 6.95. The summed E-state index contributed by atoms with van der Waals surface area (Å²) in [6, 6.07) is -0.130. The Morgan fingerprint density at radius 2 is 2.21 bits per heavy atom. The minimum Gasteiger partial charge on any atom is -0.380 e. The molecular formula is C16H25FN4O3. The first-order chi connectivity index (χ1) is 11.5. The molecule has 134 valence electrons. The molecule has 2 aliphatic rings. The van der Waals surface area contributed by atoms with Crippen molar-refractivity contribution in [2.45, 2.75) is 69.8 Å². The van der Waals surface area contributed by atoms with Crippen molar-refractivity contribution in [1.29, 1.82) is 0 Å². The number of hydrogen-bond acceptors (Lipinski definition) is 6. The molecule has 2 atom stereocenters. The van der Waals surface area contributed by atoms with E-state index in [9.17, 15) is 14.3 Å². The van der Waals surface area contributed by atoms with E-state index >= 15 is 0 Å². The van der Waals surface area contributed by atoms with E-state index in [4.69, 9.17) is 4.52 Å². The van der Waals surface area contributed by atoms with Gasteiger partial charge in [0.05, 0.1) is 6.54 Å². The SMILES string of the molecule is Cc1nc(CN2C[C@@H](F)C[C@H]2CNC(=O)C2(O)CCCCC2)no1. The topological polar surface area (TPSA) is 91.5 Å². The lowest BCUT2D eigenvalue weighted by Gasteiger charge is -2.31. The van der Waals surface area contributed by atoms with Crippen LogP contribution in [0.15, 0.2) is 4.52 Å². The molecule has 8 heteroatoms. The van der Waals surface area contributed by atoms with Gasteiger partial charge in [0.1, 0.15) is 11.8 Å². The molecule has 3 rings (SSSR count).